The molecule has 0 saturated carbocycles. The van der Waals surface area contributed by atoms with Gasteiger partial charge in [-0.3, -0.25) is 4.79 Å². The summed E-state index contributed by atoms with van der Waals surface area (Å²) in [5.74, 6) is -0.101. The molecule has 0 amide bonds. The number of hydrogen-bond acceptors (Lipinski definition) is 4. The minimum absolute atomic E-state index is 0.257. The average molecular weight is 310 g/mol. The monoisotopic (exact) mass is 310 g/mol. The zero-order valence-electron chi connectivity index (χ0n) is 12.9. The Morgan fingerprint density at radius 3 is 2.30 bits per heavy atom. The van der Waals surface area contributed by atoms with Gasteiger partial charge in [0.2, 0.25) is 0 Å². The van der Waals surface area contributed by atoms with Crippen LogP contribution in [0.15, 0.2) is 66.7 Å². The van der Waals surface area contributed by atoms with Crippen molar-refractivity contribution in [3.05, 3.63) is 77.9 Å². The summed E-state index contributed by atoms with van der Waals surface area (Å²) in [6.07, 6.45) is 2.34. The molecule has 23 heavy (non-hydrogen) atoms. The molecule has 0 aliphatic carbocycles. The van der Waals surface area contributed by atoms with Gasteiger partial charge in [0, 0.05) is 11.6 Å². The minimum Gasteiger partial charge on any atom is -0.489 e. The van der Waals surface area contributed by atoms with Crippen LogP contribution in [0.5, 0.6) is 5.75 Å². The zero-order valence-corrected chi connectivity index (χ0v) is 12.9. The van der Waals surface area contributed by atoms with E-state index in [9.17, 15) is 9.59 Å². The molecule has 0 aliphatic rings. The summed E-state index contributed by atoms with van der Waals surface area (Å²) in [5.41, 5.74) is 1.56. The minimum atomic E-state index is -0.524. The Hall–Kier alpha value is -2.88. The highest BCUT2D eigenvalue weighted by molar-refractivity contribution is 6.07. The molecule has 2 aromatic rings. The molecule has 2 aromatic carbocycles. The molecule has 0 atom stereocenters. The first-order valence-electron chi connectivity index (χ1n) is 7.35. The molecule has 0 N–H and O–H groups in total. The van der Waals surface area contributed by atoms with Gasteiger partial charge in [-0.1, -0.05) is 30.3 Å². The first-order valence-corrected chi connectivity index (χ1v) is 7.35. The van der Waals surface area contributed by atoms with Crippen LogP contribution in [0, 0.1) is 0 Å². The van der Waals surface area contributed by atoms with Crippen LogP contribution in [0.2, 0.25) is 0 Å². The Morgan fingerprint density at radius 2 is 1.65 bits per heavy atom. The maximum atomic E-state index is 11.9. The number of benzene rings is 2. The van der Waals surface area contributed by atoms with Gasteiger partial charge >= 0.3 is 5.97 Å². The van der Waals surface area contributed by atoms with Crippen LogP contribution in [-0.4, -0.2) is 18.4 Å². The van der Waals surface area contributed by atoms with Gasteiger partial charge < -0.3 is 9.47 Å². The number of ether oxygens (including phenoxy) is 2. The van der Waals surface area contributed by atoms with Crippen molar-refractivity contribution in [2.24, 2.45) is 0 Å². The average Bonchev–Trinajstić information content (AvgIpc) is 2.59. The first-order chi connectivity index (χ1) is 11.2. The normalized spacial score (nSPS) is 10.5. The van der Waals surface area contributed by atoms with Crippen molar-refractivity contribution in [2.75, 3.05) is 6.61 Å². The SMILES string of the molecule is CCOC(=O)/C=C/C(=O)c1ccc(OCc2ccccc2)cc1. The van der Waals surface area contributed by atoms with Crippen LogP contribution in [0.1, 0.15) is 22.8 Å². The number of esters is 1. The van der Waals surface area contributed by atoms with Crippen molar-refractivity contribution < 1.29 is 19.1 Å². The van der Waals surface area contributed by atoms with E-state index < -0.39 is 5.97 Å². The number of allylic oxidation sites excluding steroid dienone is 1. The topological polar surface area (TPSA) is 52.6 Å². The van der Waals surface area contributed by atoms with Crippen LogP contribution in [0.3, 0.4) is 0 Å². The summed E-state index contributed by atoms with van der Waals surface area (Å²) in [7, 11) is 0. The van der Waals surface area contributed by atoms with Gasteiger partial charge in [0.05, 0.1) is 6.61 Å². The molecule has 0 fully saturated rings. The van der Waals surface area contributed by atoms with E-state index in [1.54, 1.807) is 31.2 Å². The second-order valence-electron chi connectivity index (χ2n) is 4.75. The van der Waals surface area contributed by atoms with Crippen LogP contribution in [0.25, 0.3) is 0 Å². The Kier molecular flexibility index (Phi) is 6.12. The van der Waals surface area contributed by atoms with E-state index in [1.165, 1.54) is 6.08 Å². The van der Waals surface area contributed by atoms with Crippen molar-refractivity contribution >= 4 is 11.8 Å². The highest BCUT2D eigenvalue weighted by atomic mass is 16.5. The Labute approximate surface area is 135 Å². The Balaban J connectivity index is 1.91. The fourth-order valence-corrected chi connectivity index (χ4v) is 1.89. The van der Waals surface area contributed by atoms with E-state index in [4.69, 9.17) is 9.47 Å². The molecule has 0 saturated heterocycles. The zero-order chi connectivity index (χ0) is 16.5. The van der Waals surface area contributed by atoms with Crippen LogP contribution in [-0.2, 0) is 16.1 Å². The summed E-state index contributed by atoms with van der Waals surface area (Å²) >= 11 is 0. The molecule has 0 unspecified atom stereocenters. The quantitative estimate of drug-likeness (QED) is 0.446. The third-order valence-corrected chi connectivity index (χ3v) is 3.04. The standard InChI is InChI=1S/C19H18O4/c1-2-22-19(21)13-12-18(20)16-8-10-17(11-9-16)23-14-15-6-4-3-5-7-15/h3-13H,2,14H2,1H3/b13-12+. The molecule has 0 bridgehead atoms. The molecular weight excluding hydrogens is 292 g/mol. The first kappa shape index (κ1) is 16.5. The lowest BCUT2D eigenvalue weighted by atomic mass is 10.1. The van der Waals surface area contributed by atoms with Gasteiger partial charge in [0.1, 0.15) is 12.4 Å². The highest BCUT2D eigenvalue weighted by Gasteiger charge is 2.04. The molecule has 0 spiro atoms. The van der Waals surface area contributed by atoms with E-state index in [1.807, 2.05) is 30.3 Å². The molecule has 0 aliphatic heterocycles. The number of rotatable bonds is 7. The molecule has 4 nitrogen and oxygen atoms in total. The molecule has 118 valence electrons. The largest absolute Gasteiger partial charge is 0.489 e. The molecule has 4 heteroatoms. The van der Waals surface area contributed by atoms with Crippen molar-refractivity contribution in [3.63, 3.8) is 0 Å². The molecular formula is C19H18O4. The van der Waals surface area contributed by atoms with Crippen LogP contribution in [0.4, 0.5) is 0 Å². The van der Waals surface area contributed by atoms with Gasteiger partial charge in [-0.15, -0.1) is 0 Å². The van der Waals surface area contributed by atoms with E-state index in [2.05, 4.69) is 0 Å². The third-order valence-electron chi connectivity index (χ3n) is 3.04. The lowest BCUT2D eigenvalue weighted by molar-refractivity contribution is -0.137. The van der Waals surface area contributed by atoms with E-state index in [0.29, 0.717) is 17.9 Å². The van der Waals surface area contributed by atoms with E-state index >= 15 is 0 Å². The smallest absolute Gasteiger partial charge is 0.330 e. The van der Waals surface area contributed by atoms with Gasteiger partial charge in [-0.25, -0.2) is 4.79 Å². The van der Waals surface area contributed by atoms with E-state index in [0.717, 1.165) is 11.6 Å². The third kappa shape index (κ3) is 5.43. The van der Waals surface area contributed by atoms with Crippen molar-refractivity contribution in [1.82, 2.24) is 0 Å². The maximum absolute atomic E-state index is 11.9. The summed E-state index contributed by atoms with van der Waals surface area (Å²) in [4.78, 5) is 23.1. The highest BCUT2D eigenvalue weighted by Crippen LogP contribution is 2.15. The fourth-order valence-electron chi connectivity index (χ4n) is 1.89. The van der Waals surface area contributed by atoms with Crippen molar-refractivity contribution in [2.45, 2.75) is 13.5 Å². The summed E-state index contributed by atoms with van der Waals surface area (Å²) in [6, 6.07) is 16.6. The predicted molar refractivity (Wildman–Crippen MR) is 87.3 cm³/mol. The molecule has 0 heterocycles. The second-order valence-corrected chi connectivity index (χ2v) is 4.75. The Bertz CT molecular complexity index is 672. The molecule has 2 rings (SSSR count). The van der Waals surface area contributed by atoms with Crippen LogP contribution >= 0.6 is 0 Å². The summed E-state index contributed by atoms with van der Waals surface area (Å²) in [5, 5.41) is 0. The lowest BCUT2D eigenvalue weighted by Crippen LogP contribution is -2.01. The van der Waals surface area contributed by atoms with Gasteiger partial charge in [0.15, 0.2) is 5.78 Å². The number of carbonyl (C=O) groups is 2. The van der Waals surface area contributed by atoms with Gasteiger partial charge in [-0.2, -0.15) is 0 Å². The van der Waals surface area contributed by atoms with Crippen LogP contribution < -0.4 is 4.74 Å². The number of carbonyl (C=O) groups excluding carboxylic acids is 2. The number of ketones is 1. The number of hydrogen-bond donors (Lipinski definition) is 0. The second kappa shape index (κ2) is 8.54. The molecule has 0 aromatic heterocycles. The Morgan fingerprint density at radius 1 is 0.957 bits per heavy atom. The lowest BCUT2D eigenvalue weighted by Gasteiger charge is -2.06. The van der Waals surface area contributed by atoms with E-state index in [-0.39, 0.29) is 12.4 Å². The fraction of sp³-hybridized carbons (Fsp3) is 0.158. The van der Waals surface area contributed by atoms with Crippen molar-refractivity contribution in [3.8, 4) is 5.75 Å². The van der Waals surface area contributed by atoms with Gasteiger partial charge in [-0.05, 0) is 42.8 Å². The predicted octanol–water partition coefficient (Wildman–Crippen LogP) is 3.57. The molecule has 0 radical (unpaired) electrons. The maximum Gasteiger partial charge on any atom is 0.330 e. The van der Waals surface area contributed by atoms with Gasteiger partial charge in [0.25, 0.3) is 0 Å². The van der Waals surface area contributed by atoms with Crippen molar-refractivity contribution in [1.29, 1.82) is 0 Å². The summed E-state index contributed by atoms with van der Waals surface area (Å²) < 4.78 is 10.4. The summed E-state index contributed by atoms with van der Waals surface area (Å²) in [6.45, 7) is 2.46.